The van der Waals surface area contributed by atoms with E-state index in [-0.39, 0.29) is 5.97 Å². The average molecular weight is 350 g/mol. The van der Waals surface area contributed by atoms with Gasteiger partial charge in [0, 0.05) is 0 Å². The minimum Gasteiger partial charge on any atom is -0.497 e. The summed E-state index contributed by atoms with van der Waals surface area (Å²) in [7, 11) is 1.63. The third-order valence-corrected chi connectivity index (χ3v) is 4.41. The number of benzene rings is 1. The van der Waals surface area contributed by atoms with Crippen LogP contribution in [0.2, 0.25) is 0 Å². The van der Waals surface area contributed by atoms with Gasteiger partial charge < -0.3 is 15.2 Å². The monoisotopic (exact) mass is 349 g/mol. The molecule has 1 aromatic carbocycles. The Hall–Kier alpha value is -1.55. The van der Waals surface area contributed by atoms with Gasteiger partial charge in [-0.15, -0.1) is 0 Å². The van der Waals surface area contributed by atoms with Crippen molar-refractivity contribution in [3.8, 4) is 5.75 Å². The van der Waals surface area contributed by atoms with Crippen LogP contribution in [-0.2, 0) is 16.0 Å². The summed E-state index contributed by atoms with van der Waals surface area (Å²) in [4.78, 5) is 11.9. The summed E-state index contributed by atoms with van der Waals surface area (Å²) in [6.45, 7) is 2.72. The first-order valence-corrected chi connectivity index (χ1v) is 9.72. The zero-order chi connectivity index (χ0) is 18.3. The molecule has 1 aromatic rings. The molecular weight excluding hydrogens is 314 g/mol. The minimum absolute atomic E-state index is 0.310. The molecule has 0 saturated carbocycles. The molecule has 2 N–H and O–H groups in total. The van der Waals surface area contributed by atoms with Crippen LogP contribution < -0.4 is 10.5 Å². The lowest BCUT2D eigenvalue weighted by molar-refractivity contribution is -0.145. The van der Waals surface area contributed by atoms with Crippen LogP contribution in [-0.4, -0.2) is 25.7 Å². The van der Waals surface area contributed by atoms with Crippen molar-refractivity contribution in [1.82, 2.24) is 0 Å². The molecule has 1 atom stereocenters. The number of ether oxygens (including phenoxy) is 2. The summed E-state index contributed by atoms with van der Waals surface area (Å²) >= 11 is 0. The van der Waals surface area contributed by atoms with Gasteiger partial charge in [0.25, 0.3) is 0 Å². The fraction of sp³-hybridized carbons (Fsp3) is 0.667. The third-order valence-electron chi connectivity index (χ3n) is 4.41. The number of hydrogen-bond acceptors (Lipinski definition) is 4. The van der Waals surface area contributed by atoms with E-state index in [0.717, 1.165) is 24.2 Å². The van der Waals surface area contributed by atoms with Crippen LogP contribution in [0.3, 0.4) is 0 Å². The Bertz CT molecular complexity index is 459. The lowest BCUT2D eigenvalue weighted by Crippen LogP contribution is -2.34. The molecule has 0 aromatic heterocycles. The predicted molar refractivity (Wildman–Crippen MR) is 103 cm³/mol. The van der Waals surface area contributed by atoms with Crippen molar-refractivity contribution in [3.63, 3.8) is 0 Å². The highest BCUT2D eigenvalue weighted by Gasteiger charge is 2.15. The molecule has 0 aliphatic carbocycles. The normalized spacial score (nSPS) is 12.0. The summed E-state index contributed by atoms with van der Waals surface area (Å²) in [6, 6.07) is 6.98. The van der Waals surface area contributed by atoms with E-state index in [1.54, 1.807) is 7.11 Å². The number of nitrogens with two attached hydrogens (primary N) is 1. The summed E-state index contributed by atoms with van der Waals surface area (Å²) in [5.41, 5.74) is 6.94. The van der Waals surface area contributed by atoms with E-state index in [0.29, 0.717) is 13.0 Å². The molecule has 0 amide bonds. The molecule has 25 heavy (non-hydrogen) atoms. The van der Waals surface area contributed by atoms with Crippen molar-refractivity contribution in [3.05, 3.63) is 29.8 Å². The number of rotatable bonds is 14. The Balaban J connectivity index is 2.05. The highest BCUT2D eigenvalue weighted by atomic mass is 16.5. The van der Waals surface area contributed by atoms with E-state index >= 15 is 0 Å². The number of carbonyl (C=O) groups is 1. The Morgan fingerprint density at radius 3 is 2.08 bits per heavy atom. The van der Waals surface area contributed by atoms with Gasteiger partial charge in [0.1, 0.15) is 11.8 Å². The summed E-state index contributed by atoms with van der Waals surface area (Å²) in [6.07, 6.45) is 11.7. The van der Waals surface area contributed by atoms with Crippen LogP contribution in [0.5, 0.6) is 5.75 Å². The standard InChI is InChI=1S/C21H35NO3/c1-3-4-5-6-7-8-9-10-11-16-25-21(23)20(22)17-18-12-14-19(24-2)15-13-18/h12-15,20H,3-11,16-17,22H2,1-2H3. The number of unbranched alkanes of at least 4 members (excludes halogenated alkanes) is 8. The Kier molecular flexibility index (Phi) is 11.8. The second-order valence-corrected chi connectivity index (χ2v) is 6.65. The fourth-order valence-corrected chi connectivity index (χ4v) is 2.79. The number of esters is 1. The van der Waals surface area contributed by atoms with Crippen molar-refractivity contribution >= 4 is 5.97 Å². The van der Waals surface area contributed by atoms with Crippen LogP contribution in [0.4, 0.5) is 0 Å². The second-order valence-electron chi connectivity index (χ2n) is 6.65. The van der Waals surface area contributed by atoms with Crippen LogP contribution >= 0.6 is 0 Å². The Labute approximate surface area is 153 Å². The molecule has 1 unspecified atom stereocenters. The van der Waals surface area contributed by atoms with Gasteiger partial charge in [0.05, 0.1) is 13.7 Å². The molecule has 0 heterocycles. The van der Waals surface area contributed by atoms with Crippen LogP contribution in [0.1, 0.15) is 70.3 Å². The lowest BCUT2D eigenvalue weighted by Gasteiger charge is -2.12. The van der Waals surface area contributed by atoms with Gasteiger partial charge in [-0.3, -0.25) is 4.79 Å². The first-order valence-electron chi connectivity index (χ1n) is 9.72. The van der Waals surface area contributed by atoms with Crippen LogP contribution in [0, 0.1) is 0 Å². The maximum Gasteiger partial charge on any atom is 0.323 e. The van der Waals surface area contributed by atoms with Gasteiger partial charge in [0.2, 0.25) is 0 Å². The maximum atomic E-state index is 11.9. The molecule has 142 valence electrons. The molecule has 0 fully saturated rings. The predicted octanol–water partition coefficient (Wildman–Crippen LogP) is 4.64. The van der Waals surface area contributed by atoms with Crippen molar-refractivity contribution < 1.29 is 14.3 Å². The molecule has 0 spiro atoms. The van der Waals surface area contributed by atoms with E-state index in [4.69, 9.17) is 15.2 Å². The molecule has 0 saturated heterocycles. The smallest absolute Gasteiger partial charge is 0.323 e. The molecule has 0 aliphatic rings. The maximum absolute atomic E-state index is 11.9. The van der Waals surface area contributed by atoms with Crippen molar-refractivity contribution in [1.29, 1.82) is 0 Å². The van der Waals surface area contributed by atoms with E-state index in [9.17, 15) is 4.79 Å². The zero-order valence-electron chi connectivity index (χ0n) is 16.0. The van der Waals surface area contributed by atoms with E-state index in [2.05, 4.69) is 6.92 Å². The van der Waals surface area contributed by atoms with Gasteiger partial charge in [0.15, 0.2) is 0 Å². The summed E-state index contributed by atoms with van der Waals surface area (Å²) in [5.74, 6) is 0.487. The number of hydrogen-bond donors (Lipinski definition) is 1. The molecule has 0 radical (unpaired) electrons. The first-order chi connectivity index (χ1) is 12.2. The van der Waals surface area contributed by atoms with Gasteiger partial charge in [-0.25, -0.2) is 0 Å². The zero-order valence-corrected chi connectivity index (χ0v) is 16.0. The van der Waals surface area contributed by atoms with E-state index < -0.39 is 6.04 Å². The third kappa shape index (κ3) is 10.1. The van der Waals surface area contributed by atoms with Gasteiger partial charge >= 0.3 is 5.97 Å². The molecule has 0 aliphatic heterocycles. The van der Waals surface area contributed by atoms with Crippen LogP contribution in [0.15, 0.2) is 24.3 Å². The quantitative estimate of drug-likeness (QED) is 0.393. The largest absolute Gasteiger partial charge is 0.497 e. The Morgan fingerprint density at radius 1 is 0.960 bits per heavy atom. The van der Waals surface area contributed by atoms with Gasteiger partial charge in [-0.2, -0.15) is 0 Å². The van der Waals surface area contributed by atoms with Crippen molar-refractivity contribution in [2.75, 3.05) is 13.7 Å². The van der Waals surface area contributed by atoms with Crippen molar-refractivity contribution in [2.24, 2.45) is 5.73 Å². The first kappa shape index (κ1) is 21.5. The minimum atomic E-state index is -0.605. The molecule has 4 heteroatoms. The highest BCUT2D eigenvalue weighted by Crippen LogP contribution is 2.13. The molecule has 1 rings (SSSR count). The highest BCUT2D eigenvalue weighted by molar-refractivity contribution is 5.75. The van der Waals surface area contributed by atoms with Crippen molar-refractivity contribution in [2.45, 2.75) is 77.2 Å². The average Bonchev–Trinajstić information content (AvgIpc) is 2.63. The SMILES string of the molecule is CCCCCCCCCCCOC(=O)C(N)Cc1ccc(OC)cc1. The van der Waals surface area contributed by atoms with E-state index in [1.165, 1.54) is 44.9 Å². The fourth-order valence-electron chi connectivity index (χ4n) is 2.79. The van der Waals surface area contributed by atoms with Gasteiger partial charge in [-0.05, 0) is 30.5 Å². The summed E-state index contributed by atoms with van der Waals surface area (Å²) in [5, 5.41) is 0. The van der Waals surface area contributed by atoms with Gasteiger partial charge in [-0.1, -0.05) is 70.4 Å². The topological polar surface area (TPSA) is 61.5 Å². The molecular formula is C21H35NO3. The Morgan fingerprint density at radius 2 is 1.52 bits per heavy atom. The second kappa shape index (κ2) is 13.7. The van der Waals surface area contributed by atoms with Crippen LogP contribution in [0.25, 0.3) is 0 Å². The molecule has 0 bridgehead atoms. The van der Waals surface area contributed by atoms with E-state index in [1.807, 2.05) is 24.3 Å². The summed E-state index contributed by atoms with van der Waals surface area (Å²) < 4.78 is 10.4. The number of methoxy groups -OCH3 is 1. The molecule has 4 nitrogen and oxygen atoms in total. The number of carbonyl (C=O) groups excluding carboxylic acids is 1. The lowest BCUT2D eigenvalue weighted by atomic mass is 10.1.